The normalized spacial score (nSPS) is 11.3. The van der Waals surface area contributed by atoms with Crippen LogP contribution in [-0.4, -0.2) is 44.7 Å². The van der Waals surface area contributed by atoms with Crippen LogP contribution in [0.25, 0.3) is 22.2 Å². The van der Waals surface area contributed by atoms with Gasteiger partial charge < -0.3 is 10.0 Å². The number of carboxylic acid groups (broad SMARTS) is 1. The molecule has 0 saturated carbocycles. The maximum Gasteiger partial charge on any atom is 0.330 e. The van der Waals surface area contributed by atoms with Crippen LogP contribution >= 0.6 is 0 Å². The second-order valence-electron chi connectivity index (χ2n) is 7.39. The van der Waals surface area contributed by atoms with Crippen LogP contribution in [-0.2, 0) is 11.3 Å². The van der Waals surface area contributed by atoms with E-state index in [4.69, 9.17) is 5.11 Å². The summed E-state index contributed by atoms with van der Waals surface area (Å²) in [6, 6.07) is 3.77. The highest BCUT2D eigenvalue weighted by atomic mass is 16.4. The van der Waals surface area contributed by atoms with Crippen LogP contribution in [0, 0.1) is 6.92 Å². The molecule has 9 heteroatoms. The molecule has 3 rings (SSSR count). The zero-order chi connectivity index (χ0) is 21.1. The maximum absolute atomic E-state index is 12.8. The van der Waals surface area contributed by atoms with Gasteiger partial charge in [-0.05, 0) is 37.5 Å². The third-order valence-electron chi connectivity index (χ3n) is 4.90. The smallest absolute Gasteiger partial charge is 0.330 e. The Kier molecular flexibility index (Phi) is 5.95. The van der Waals surface area contributed by atoms with E-state index in [-0.39, 0.29) is 24.1 Å². The molecule has 2 N–H and O–H groups in total. The van der Waals surface area contributed by atoms with E-state index >= 15 is 0 Å². The number of hydrogen-bond donors (Lipinski definition) is 2. The molecule has 29 heavy (non-hydrogen) atoms. The maximum atomic E-state index is 12.8. The Morgan fingerprint density at radius 1 is 1.10 bits per heavy atom. The molecule has 0 aliphatic carbocycles. The van der Waals surface area contributed by atoms with E-state index in [1.54, 1.807) is 0 Å². The molecule has 2 heterocycles. The molecule has 3 aromatic rings. The van der Waals surface area contributed by atoms with E-state index in [9.17, 15) is 14.4 Å². The Morgan fingerprint density at radius 2 is 1.79 bits per heavy atom. The second-order valence-corrected chi connectivity index (χ2v) is 7.39. The van der Waals surface area contributed by atoms with E-state index < -0.39 is 17.2 Å². The van der Waals surface area contributed by atoms with Crippen molar-refractivity contribution in [3.63, 3.8) is 0 Å². The molecule has 0 atom stereocenters. The largest absolute Gasteiger partial charge is 0.481 e. The van der Waals surface area contributed by atoms with Crippen molar-refractivity contribution >= 4 is 33.9 Å². The zero-order valence-electron chi connectivity index (χ0n) is 16.9. The van der Waals surface area contributed by atoms with Crippen LogP contribution in [0.5, 0.6) is 0 Å². The summed E-state index contributed by atoms with van der Waals surface area (Å²) in [5.74, 6) is -0.814. The summed E-state index contributed by atoms with van der Waals surface area (Å²) in [6.07, 6.45) is 2.82. The van der Waals surface area contributed by atoms with Crippen LogP contribution in [0.15, 0.2) is 21.7 Å². The summed E-state index contributed by atoms with van der Waals surface area (Å²) >= 11 is 0. The van der Waals surface area contributed by atoms with Gasteiger partial charge in [0.25, 0.3) is 5.56 Å². The molecule has 0 saturated heterocycles. The molecule has 0 spiro atoms. The van der Waals surface area contributed by atoms with Gasteiger partial charge in [-0.2, -0.15) is 0 Å². The molecule has 9 nitrogen and oxygen atoms in total. The predicted octanol–water partition coefficient (Wildman–Crippen LogP) is 2.04. The average molecular weight is 399 g/mol. The fourth-order valence-electron chi connectivity index (χ4n) is 3.41. The number of rotatable bonds is 8. The number of aliphatic carboxylic acids is 1. The Bertz CT molecular complexity index is 1180. The highest BCUT2D eigenvalue weighted by Crippen LogP contribution is 2.23. The molecule has 0 bridgehead atoms. The molecule has 2 aromatic heterocycles. The quantitative estimate of drug-likeness (QED) is 0.439. The van der Waals surface area contributed by atoms with Crippen molar-refractivity contribution in [1.82, 2.24) is 19.5 Å². The standard InChI is InChI=1S/C20H25N5O4/c1-12-10-13-14(11-15(12)24(2)3)22-18-17(21-13)19(28)25(20(29)23-18)9-7-5-4-6-8-16(26)27/h10-11H,4-9H2,1-3H3,(H,26,27)(H,22,23,29). The Morgan fingerprint density at radius 3 is 2.48 bits per heavy atom. The number of carboxylic acids is 1. The van der Waals surface area contributed by atoms with E-state index in [1.165, 1.54) is 0 Å². The number of benzene rings is 1. The number of anilines is 1. The Labute approximate surface area is 167 Å². The van der Waals surface area contributed by atoms with Gasteiger partial charge >= 0.3 is 11.7 Å². The van der Waals surface area contributed by atoms with Crippen molar-refractivity contribution in [2.75, 3.05) is 19.0 Å². The van der Waals surface area contributed by atoms with Gasteiger partial charge in [-0.3, -0.25) is 19.1 Å². The van der Waals surface area contributed by atoms with Gasteiger partial charge in [0.15, 0.2) is 11.2 Å². The molecule has 0 fully saturated rings. The minimum Gasteiger partial charge on any atom is -0.481 e. The number of fused-ring (bicyclic) bond motifs is 2. The SMILES string of the molecule is Cc1cc2nc3c(=O)n(CCCCCCC(=O)O)c(=O)[nH]c3nc2cc1N(C)C. The van der Waals surface area contributed by atoms with Gasteiger partial charge in [-0.1, -0.05) is 12.8 Å². The van der Waals surface area contributed by atoms with E-state index in [0.29, 0.717) is 23.9 Å². The zero-order valence-corrected chi connectivity index (χ0v) is 16.9. The van der Waals surface area contributed by atoms with Gasteiger partial charge in [0.05, 0.1) is 11.0 Å². The summed E-state index contributed by atoms with van der Waals surface area (Å²) in [5.41, 5.74) is 2.56. The molecular formula is C20H25N5O4. The van der Waals surface area contributed by atoms with Gasteiger partial charge in [-0.15, -0.1) is 0 Å². The summed E-state index contributed by atoms with van der Waals surface area (Å²) in [7, 11) is 3.87. The van der Waals surface area contributed by atoms with E-state index in [1.807, 2.05) is 38.1 Å². The van der Waals surface area contributed by atoms with Gasteiger partial charge in [-0.25, -0.2) is 14.8 Å². The van der Waals surface area contributed by atoms with Crippen LogP contribution in [0.2, 0.25) is 0 Å². The van der Waals surface area contributed by atoms with Crippen LogP contribution in [0.1, 0.15) is 37.7 Å². The van der Waals surface area contributed by atoms with Crippen LogP contribution < -0.4 is 16.1 Å². The monoisotopic (exact) mass is 399 g/mol. The van der Waals surface area contributed by atoms with Crippen molar-refractivity contribution in [1.29, 1.82) is 0 Å². The molecule has 0 unspecified atom stereocenters. The lowest BCUT2D eigenvalue weighted by Gasteiger charge is -2.16. The van der Waals surface area contributed by atoms with Crippen molar-refractivity contribution in [2.24, 2.45) is 0 Å². The first kappa shape index (κ1) is 20.5. The molecule has 1 aromatic carbocycles. The third kappa shape index (κ3) is 4.44. The van der Waals surface area contributed by atoms with Gasteiger partial charge in [0.2, 0.25) is 0 Å². The molecular weight excluding hydrogens is 374 g/mol. The van der Waals surface area contributed by atoms with Crippen molar-refractivity contribution in [3.05, 3.63) is 38.5 Å². The Hall–Kier alpha value is -3.23. The lowest BCUT2D eigenvalue weighted by molar-refractivity contribution is -0.137. The number of hydrogen-bond acceptors (Lipinski definition) is 6. The number of aryl methyl sites for hydroxylation is 1. The highest BCUT2D eigenvalue weighted by molar-refractivity contribution is 5.87. The topological polar surface area (TPSA) is 121 Å². The minimum atomic E-state index is -0.814. The van der Waals surface area contributed by atoms with Gasteiger partial charge in [0.1, 0.15) is 0 Å². The summed E-state index contributed by atoms with van der Waals surface area (Å²) in [5, 5.41) is 8.65. The average Bonchev–Trinajstić information content (AvgIpc) is 2.64. The molecule has 0 aliphatic heterocycles. The van der Waals surface area contributed by atoms with Crippen LogP contribution in [0.3, 0.4) is 0 Å². The lowest BCUT2D eigenvalue weighted by atomic mass is 10.1. The van der Waals surface area contributed by atoms with E-state index in [2.05, 4.69) is 15.0 Å². The fourth-order valence-corrected chi connectivity index (χ4v) is 3.41. The van der Waals surface area contributed by atoms with Crippen molar-refractivity contribution in [2.45, 2.75) is 45.6 Å². The lowest BCUT2D eigenvalue weighted by Crippen LogP contribution is -2.35. The second kappa shape index (κ2) is 8.42. The molecule has 0 aliphatic rings. The molecule has 154 valence electrons. The number of nitrogens with zero attached hydrogens (tertiary/aromatic N) is 4. The number of aromatic amines is 1. The summed E-state index contributed by atoms with van der Waals surface area (Å²) in [6.45, 7) is 2.23. The van der Waals surface area contributed by atoms with E-state index in [0.717, 1.165) is 28.7 Å². The molecule has 0 radical (unpaired) electrons. The number of unbranched alkanes of at least 4 members (excludes halogenated alkanes) is 3. The van der Waals surface area contributed by atoms with Crippen molar-refractivity contribution < 1.29 is 9.90 Å². The van der Waals surface area contributed by atoms with Crippen molar-refractivity contribution in [3.8, 4) is 0 Å². The number of nitrogens with one attached hydrogen (secondary N) is 1. The highest BCUT2D eigenvalue weighted by Gasteiger charge is 2.13. The number of aromatic nitrogens is 4. The minimum absolute atomic E-state index is 0.133. The van der Waals surface area contributed by atoms with Gasteiger partial charge in [0, 0.05) is 32.7 Å². The Balaban J connectivity index is 1.90. The first-order valence-electron chi connectivity index (χ1n) is 9.62. The third-order valence-corrected chi connectivity index (χ3v) is 4.90. The fraction of sp³-hybridized carbons (Fsp3) is 0.450. The summed E-state index contributed by atoms with van der Waals surface area (Å²) < 4.78 is 1.14. The first-order valence-corrected chi connectivity index (χ1v) is 9.62. The number of H-pyrrole nitrogens is 1. The first-order chi connectivity index (χ1) is 13.8. The van der Waals surface area contributed by atoms with Crippen LogP contribution in [0.4, 0.5) is 5.69 Å². The summed E-state index contributed by atoms with van der Waals surface area (Å²) in [4.78, 5) is 49.3. The molecule has 0 amide bonds. The predicted molar refractivity (Wildman–Crippen MR) is 112 cm³/mol. The number of carbonyl (C=O) groups is 1.